The smallest absolute Gasteiger partial charge is 0.287 e. The van der Waals surface area contributed by atoms with Crippen LogP contribution in [0.25, 0.3) is 0 Å². The molecule has 3 aromatic rings. The van der Waals surface area contributed by atoms with Crippen molar-refractivity contribution in [1.82, 2.24) is 5.32 Å². The van der Waals surface area contributed by atoms with E-state index in [0.29, 0.717) is 60.2 Å². The summed E-state index contributed by atoms with van der Waals surface area (Å²) in [7, 11) is 0. The summed E-state index contributed by atoms with van der Waals surface area (Å²) in [5.74, 6) is 1.84. The van der Waals surface area contributed by atoms with Gasteiger partial charge in [-0.25, -0.2) is 4.39 Å². The summed E-state index contributed by atoms with van der Waals surface area (Å²) in [6, 6.07) is 21.6. The number of alkyl halides is 1. The molecule has 2 amide bonds. The molecule has 1 saturated heterocycles. The molecular formula is C28H28FNO5S. The van der Waals surface area contributed by atoms with E-state index in [9.17, 15) is 14.0 Å². The van der Waals surface area contributed by atoms with Crippen LogP contribution in [-0.4, -0.2) is 24.4 Å². The molecule has 8 heteroatoms. The third-order valence-electron chi connectivity index (χ3n) is 5.81. The van der Waals surface area contributed by atoms with Crippen molar-refractivity contribution in [2.45, 2.75) is 37.6 Å². The maximum atomic E-state index is 14.7. The summed E-state index contributed by atoms with van der Waals surface area (Å²) in [5.41, 5.74) is 1.09. The fourth-order valence-electron chi connectivity index (χ4n) is 3.85. The van der Waals surface area contributed by atoms with E-state index in [4.69, 9.17) is 14.2 Å². The number of amides is 2. The van der Waals surface area contributed by atoms with E-state index in [0.717, 1.165) is 11.8 Å². The fourth-order valence-corrected chi connectivity index (χ4v) is 4.79. The number of halogens is 1. The highest BCUT2D eigenvalue weighted by Crippen LogP contribution is 2.44. The quantitative estimate of drug-likeness (QED) is 0.282. The molecule has 2 atom stereocenters. The highest BCUT2D eigenvalue weighted by Gasteiger charge is 2.46. The number of hydrogen-bond donors (Lipinski definition) is 1. The van der Waals surface area contributed by atoms with Crippen LogP contribution in [0.15, 0.2) is 72.8 Å². The van der Waals surface area contributed by atoms with Gasteiger partial charge in [0.05, 0.1) is 13.2 Å². The second-order valence-electron chi connectivity index (χ2n) is 8.41. The lowest BCUT2D eigenvalue weighted by molar-refractivity contribution is -0.121. The van der Waals surface area contributed by atoms with Crippen molar-refractivity contribution in [1.29, 1.82) is 0 Å². The lowest BCUT2D eigenvalue weighted by Gasteiger charge is -2.22. The number of nitrogens with one attached hydrogen (secondary N) is 1. The van der Waals surface area contributed by atoms with Gasteiger partial charge in [-0.05, 0) is 61.5 Å². The topological polar surface area (TPSA) is 73.9 Å². The van der Waals surface area contributed by atoms with E-state index >= 15 is 0 Å². The molecule has 1 N–H and O–H groups in total. The van der Waals surface area contributed by atoms with E-state index in [1.807, 2.05) is 42.5 Å². The second kappa shape index (κ2) is 11.5. The van der Waals surface area contributed by atoms with Crippen LogP contribution in [0.5, 0.6) is 23.0 Å². The van der Waals surface area contributed by atoms with Gasteiger partial charge < -0.3 is 14.2 Å². The summed E-state index contributed by atoms with van der Waals surface area (Å²) < 4.78 is 31.3. The van der Waals surface area contributed by atoms with Crippen LogP contribution in [0, 0.1) is 0 Å². The first-order valence-electron chi connectivity index (χ1n) is 11.8. The van der Waals surface area contributed by atoms with Crippen molar-refractivity contribution in [2.75, 3.05) is 13.2 Å². The van der Waals surface area contributed by atoms with Crippen molar-refractivity contribution in [3.63, 3.8) is 0 Å². The molecule has 0 aromatic heterocycles. The predicted octanol–water partition coefficient (Wildman–Crippen LogP) is 6.95. The van der Waals surface area contributed by atoms with Crippen LogP contribution in [-0.2, 0) is 9.54 Å². The minimum absolute atomic E-state index is 0.322. The molecule has 0 saturated carbocycles. The standard InChI is InChI=1S/C28H28FNO5S/c1-3-23(29)21-18-20(14-15-24(21)35-19-10-5-4-6-11-19)33-16-9-17-34-25-13-8-7-12-22(25)28(2)26(31)30-27(32)36-28/h4-8,10-15,18,23H,3,9,16-17H2,1-2H3,(H,30,31,32). The molecule has 1 aliphatic heterocycles. The number of benzene rings is 3. The fraction of sp³-hybridized carbons (Fsp3) is 0.286. The summed E-state index contributed by atoms with van der Waals surface area (Å²) >= 11 is 0.946. The maximum Gasteiger partial charge on any atom is 0.287 e. The third kappa shape index (κ3) is 5.82. The Balaban J connectivity index is 1.35. The minimum atomic E-state index is -1.17. The van der Waals surface area contributed by atoms with Gasteiger partial charge in [-0.3, -0.25) is 14.9 Å². The molecule has 0 radical (unpaired) electrons. The van der Waals surface area contributed by atoms with Gasteiger partial charge in [0.1, 0.15) is 33.9 Å². The van der Waals surface area contributed by atoms with Crippen LogP contribution in [0.3, 0.4) is 0 Å². The molecule has 0 bridgehead atoms. The van der Waals surface area contributed by atoms with Gasteiger partial charge in [0, 0.05) is 17.5 Å². The zero-order chi connectivity index (χ0) is 25.5. The highest BCUT2D eigenvalue weighted by atomic mass is 32.2. The Kier molecular flexibility index (Phi) is 8.15. The zero-order valence-corrected chi connectivity index (χ0v) is 21.0. The molecule has 1 fully saturated rings. The molecule has 0 aliphatic carbocycles. The lowest BCUT2D eigenvalue weighted by Crippen LogP contribution is -2.32. The van der Waals surface area contributed by atoms with Crippen LogP contribution < -0.4 is 19.5 Å². The molecule has 4 rings (SSSR count). The number of imide groups is 1. The average molecular weight is 510 g/mol. The second-order valence-corrected chi connectivity index (χ2v) is 9.81. The number of hydrogen-bond acceptors (Lipinski definition) is 6. The SMILES string of the molecule is CCC(F)c1cc(OCCCOc2ccccc2C2(C)SC(=O)NC2=O)ccc1Oc1ccccc1. The van der Waals surface area contributed by atoms with Crippen molar-refractivity contribution in [3.05, 3.63) is 83.9 Å². The van der Waals surface area contributed by atoms with Gasteiger partial charge >= 0.3 is 0 Å². The third-order valence-corrected chi connectivity index (χ3v) is 6.91. The molecule has 6 nitrogen and oxygen atoms in total. The normalized spacial score (nSPS) is 18.0. The maximum absolute atomic E-state index is 14.7. The van der Waals surface area contributed by atoms with Crippen LogP contribution >= 0.6 is 11.8 Å². The highest BCUT2D eigenvalue weighted by molar-refractivity contribution is 8.15. The van der Waals surface area contributed by atoms with Gasteiger partial charge in [0.25, 0.3) is 5.24 Å². The Bertz CT molecular complexity index is 1220. The number of para-hydroxylation sites is 2. The largest absolute Gasteiger partial charge is 0.493 e. The van der Waals surface area contributed by atoms with Crippen molar-refractivity contribution >= 4 is 22.9 Å². The molecule has 1 heterocycles. The molecule has 188 valence electrons. The molecule has 0 spiro atoms. The van der Waals surface area contributed by atoms with Gasteiger partial charge in [-0.2, -0.15) is 0 Å². The van der Waals surface area contributed by atoms with E-state index in [-0.39, 0.29) is 11.1 Å². The Morgan fingerprint density at radius 2 is 1.64 bits per heavy atom. The minimum Gasteiger partial charge on any atom is -0.493 e. The summed E-state index contributed by atoms with van der Waals surface area (Å²) in [4.78, 5) is 24.1. The molecule has 1 aliphatic rings. The number of thioether (sulfide) groups is 1. The summed E-state index contributed by atoms with van der Waals surface area (Å²) in [6.07, 6.45) is -0.290. The number of carbonyl (C=O) groups excluding carboxylic acids is 2. The molecule has 3 aromatic carbocycles. The summed E-state index contributed by atoms with van der Waals surface area (Å²) in [5, 5.41) is 1.96. The zero-order valence-electron chi connectivity index (χ0n) is 20.2. The molecule has 36 heavy (non-hydrogen) atoms. The van der Waals surface area contributed by atoms with Crippen LogP contribution in [0.2, 0.25) is 0 Å². The van der Waals surface area contributed by atoms with Gasteiger partial charge in [-0.1, -0.05) is 43.3 Å². The number of carbonyl (C=O) groups is 2. The Labute approximate surface area is 214 Å². The first-order valence-corrected chi connectivity index (χ1v) is 12.6. The Morgan fingerprint density at radius 1 is 0.917 bits per heavy atom. The van der Waals surface area contributed by atoms with Crippen molar-refractivity contribution in [3.8, 4) is 23.0 Å². The molecule has 2 unspecified atom stereocenters. The van der Waals surface area contributed by atoms with Crippen LogP contribution in [0.1, 0.15) is 44.0 Å². The van der Waals surface area contributed by atoms with Gasteiger partial charge in [-0.15, -0.1) is 0 Å². The monoisotopic (exact) mass is 509 g/mol. The van der Waals surface area contributed by atoms with Crippen molar-refractivity contribution < 1.29 is 28.2 Å². The lowest BCUT2D eigenvalue weighted by atomic mass is 9.98. The van der Waals surface area contributed by atoms with Crippen LogP contribution in [0.4, 0.5) is 9.18 Å². The van der Waals surface area contributed by atoms with E-state index in [1.54, 1.807) is 44.2 Å². The van der Waals surface area contributed by atoms with E-state index < -0.39 is 10.9 Å². The first-order chi connectivity index (χ1) is 17.4. The molecular weight excluding hydrogens is 481 g/mol. The number of rotatable bonds is 11. The summed E-state index contributed by atoms with van der Waals surface area (Å²) in [6.45, 7) is 4.19. The Hall–Kier alpha value is -3.52. The van der Waals surface area contributed by atoms with Crippen molar-refractivity contribution in [2.24, 2.45) is 0 Å². The first kappa shape index (κ1) is 25.6. The Morgan fingerprint density at radius 3 is 2.36 bits per heavy atom. The predicted molar refractivity (Wildman–Crippen MR) is 138 cm³/mol. The van der Waals surface area contributed by atoms with E-state index in [1.165, 1.54) is 0 Å². The number of ether oxygens (including phenoxy) is 3. The van der Waals surface area contributed by atoms with E-state index in [2.05, 4.69) is 5.32 Å². The van der Waals surface area contributed by atoms with Gasteiger partial charge in [0.2, 0.25) is 5.91 Å². The average Bonchev–Trinajstić information content (AvgIpc) is 3.16. The van der Waals surface area contributed by atoms with Gasteiger partial charge in [0.15, 0.2) is 0 Å².